The predicted octanol–water partition coefficient (Wildman–Crippen LogP) is 15.7. The standard InChI is InChI=1S/C55H109NO5/c1-3-5-7-9-11-13-15-17-18-19-20-21-22-23-24-25-26-27-28-29-30-31-32-33-34-35-37-39-41-43-45-47-49-53(59)55(61)56-51(50-57)54(60)52(58)48-46-44-42-40-38-36-16-14-12-10-8-6-4-2/h40,42,51-54,57-60H,3-39,41,43-50H2,1-2H3,(H,56,61)/b42-40+. The summed E-state index contributed by atoms with van der Waals surface area (Å²) in [6.07, 6.45) is 58.7. The second kappa shape index (κ2) is 50.1. The molecule has 0 fully saturated rings. The Hall–Kier alpha value is -0.950. The van der Waals surface area contributed by atoms with E-state index in [2.05, 4.69) is 31.3 Å². The molecule has 0 saturated heterocycles. The Kier molecular flexibility index (Phi) is 49.3. The van der Waals surface area contributed by atoms with E-state index in [4.69, 9.17) is 0 Å². The first-order valence-corrected chi connectivity index (χ1v) is 27.6. The number of carbonyl (C=O) groups is 1. The van der Waals surface area contributed by atoms with Gasteiger partial charge in [0.25, 0.3) is 0 Å². The van der Waals surface area contributed by atoms with Crippen molar-refractivity contribution < 1.29 is 25.2 Å². The fourth-order valence-electron chi connectivity index (χ4n) is 8.88. The summed E-state index contributed by atoms with van der Waals surface area (Å²) < 4.78 is 0. The van der Waals surface area contributed by atoms with Crippen molar-refractivity contribution >= 4 is 5.91 Å². The zero-order valence-electron chi connectivity index (χ0n) is 41.2. The molecule has 0 aromatic rings. The monoisotopic (exact) mass is 864 g/mol. The van der Waals surface area contributed by atoms with Crippen LogP contribution in [0.4, 0.5) is 0 Å². The number of aliphatic hydroxyl groups is 4. The van der Waals surface area contributed by atoms with Crippen LogP contribution in [0.1, 0.15) is 303 Å². The van der Waals surface area contributed by atoms with Crippen LogP contribution in [0.15, 0.2) is 12.2 Å². The summed E-state index contributed by atoms with van der Waals surface area (Å²) in [4.78, 5) is 12.6. The number of hydrogen-bond donors (Lipinski definition) is 5. The van der Waals surface area contributed by atoms with E-state index >= 15 is 0 Å². The Morgan fingerprint density at radius 2 is 0.672 bits per heavy atom. The highest BCUT2D eigenvalue weighted by atomic mass is 16.3. The van der Waals surface area contributed by atoms with E-state index < -0.39 is 36.9 Å². The fourth-order valence-corrected chi connectivity index (χ4v) is 8.88. The average molecular weight is 864 g/mol. The summed E-state index contributed by atoms with van der Waals surface area (Å²) in [7, 11) is 0. The number of allylic oxidation sites excluding steroid dienone is 2. The Morgan fingerprint density at radius 1 is 0.393 bits per heavy atom. The fraction of sp³-hybridized carbons (Fsp3) is 0.945. The van der Waals surface area contributed by atoms with Gasteiger partial charge in [-0.25, -0.2) is 0 Å². The molecule has 6 nitrogen and oxygen atoms in total. The van der Waals surface area contributed by atoms with Gasteiger partial charge in [0, 0.05) is 0 Å². The number of amides is 1. The van der Waals surface area contributed by atoms with Gasteiger partial charge < -0.3 is 25.7 Å². The third-order valence-electron chi connectivity index (χ3n) is 13.2. The molecule has 0 rings (SSSR count). The molecule has 0 aromatic heterocycles. The molecule has 0 aromatic carbocycles. The largest absolute Gasteiger partial charge is 0.394 e. The summed E-state index contributed by atoms with van der Waals surface area (Å²) in [5.41, 5.74) is 0. The Balaban J connectivity index is 3.53. The Labute approximate surface area is 381 Å². The normalized spacial score (nSPS) is 13.9. The molecule has 4 atom stereocenters. The molecule has 0 aliphatic heterocycles. The average Bonchev–Trinajstić information content (AvgIpc) is 3.26. The van der Waals surface area contributed by atoms with Gasteiger partial charge in [-0.3, -0.25) is 4.79 Å². The van der Waals surface area contributed by atoms with Crippen molar-refractivity contribution in [3.63, 3.8) is 0 Å². The number of nitrogens with one attached hydrogen (secondary N) is 1. The van der Waals surface area contributed by atoms with Crippen LogP contribution in [0.5, 0.6) is 0 Å². The van der Waals surface area contributed by atoms with Gasteiger partial charge in [-0.05, 0) is 38.5 Å². The first-order chi connectivity index (χ1) is 30.0. The SMILES string of the molecule is CCCCCCCCCC/C=C/CCCC(O)C(O)C(CO)NC(=O)C(O)CCCCCCCCCCCCCCCCCCCCCCCCCCCCCCCCCC. The molecule has 6 heteroatoms. The van der Waals surface area contributed by atoms with E-state index in [1.54, 1.807) is 0 Å². The van der Waals surface area contributed by atoms with Gasteiger partial charge in [-0.2, -0.15) is 0 Å². The zero-order valence-corrected chi connectivity index (χ0v) is 41.2. The van der Waals surface area contributed by atoms with Crippen molar-refractivity contribution in [1.29, 1.82) is 0 Å². The number of hydrogen-bond acceptors (Lipinski definition) is 5. The van der Waals surface area contributed by atoms with E-state index in [1.807, 2.05) is 0 Å². The van der Waals surface area contributed by atoms with Crippen LogP contribution in [-0.4, -0.2) is 57.3 Å². The molecule has 0 radical (unpaired) electrons. The van der Waals surface area contributed by atoms with Crippen molar-refractivity contribution in [1.82, 2.24) is 5.32 Å². The predicted molar refractivity (Wildman–Crippen MR) is 265 cm³/mol. The van der Waals surface area contributed by atoms with Gasteiger partial charge in [0.1, 0.15) is 12.2 Å². The lowest BCUT2D eigenvalue weighted by atomic mass is 10.00. The van der Waals surface area contributed by atoms with Gasteiger partial charge in [-0.15, -0.1) is 0 Å². The number of unbranched alkanes of at least 4 members (excludes halogenated alkanes) is 40. The molecule has 0 bridgehead atoms. The summed E-state index contributed by atoms with van der Waals surface area (Å²) in [5, 5.41) is 43.8. The van der Waals surface area contributed by atoms with Crippen molar-refractivity contribution in [3.05, 3.63) is 12.2 Å². The highest BCUT2D eigenvalue weighted by Gasteiger charge is 2.28. The zero-order chi connectivity index (χ0) is 44.5. The molecule has 0 heterocycles. The molecule has 0 aliphatic rings. The number of carbonyl (C=O) groups excluding carboxylic acids is 1. The molecule has 0 spiro atoms. The highest BCUT2D eigenvalue weighted by molar-refractivity contribution is 5.80. The molecular formula is C55H109NO5. The van der Waals surface area contributed by atoms with E-state index in [0.29, 0.717) is 12.8 Å². The van der Waals surface area contributed by atoms with Crippen LogP contribution in [0, 0.1) is 0 Å². The van der Waals surface area contributed by atoms with Crippen LogP contribution in [0.2, 0.25) is 0 Å². The maximum atomic E-state index is 12.6. The van der Waals surface area contributed by atoms with Gasteiger partial charge in [0.15, 0.2) is 0 Å². The molecular weight excluding hydrogens is 755 g/mol. The van der Waals surface area contributed by atoms with Gasteiger partial charge in [-0.1, -0.05) is 276 Å². The third-order valence-corrected chi connectivity index (χ3v) is 13.2. The first kappa shape index (κ1) is 60.1. The van der Waals surface area contributed by atoms with Crippen LogP contribution < -0.4 is 5.32 Å². The van der Waals surface area contributed by atoms with Crippen LogP contribution in [-0.2, 0) is 4.79 Å². The lowest BCUT2D eigenvalue weighted by molar-refractivity contribution is -0.132. The van der Waals surface area contributed by atoms with E-state index in [1.165, 1.54) is 238 Å². The topological polar surface area (TPSA) is 110 Å². The molecule has 0 aliphatic carbocycles. The quantitative estimate of drug-likeness (QED) is 0.0309. The maximum Gasteiger partial charge on any atom is 0.249 e. The molecule has 364 valence electrons. The molecule has 5 N–H and O–H groups in total. The van der Waals surface area contributed by atoms with Gasteiger partial charge in [0.2, 0.25) is 5.91 Å². The van der Waals surface area contributed by atoms with Gasteiger partial charge in [0.05, 0.1) is 18.8 Å². The smallest absolute Gasteiger partial charge is 0.249 e. The summed E-state index contributed by atoms with van der Waals surface area (Å²) >= 11 is 0. The number of aliphatic hydroxyl groups excluding tert-OH is 4. The van der Waals surface area contributed by atoms with Crippen LogP contribution >= 0.6 is 0 Å². The lowest BCUT2D eigenvalue weighted by Crippen LogP contribution is -2.53. The summed E-state index contributed by atoms with van der Waals surface area (Å²) in [6, 6.07) is -0.997. The Bertz CT molecular complexity index is 882. The van der Waals surface area contributed by atoms with Crippen molar-refractivity contribution in [2.45, 2.75) is 327 Å². The van der Waals surface area contributed by atoms with Gasteiger partial charge >= 0.3 is 0 Å². The second-order valence-corrected chi connectivity index (χ2v) is 19.3. The van der Waals surface area contributed by atoms with E-state index in [0.717, 1.165) is 38.5 Å². The Morgan fingerprint density at radius 3 is 0.984 bits per heavy atom. The summed E-state index contributed by atoms with van der Waals surface area (Å²) in [6.45, 7) is 4.06. The molecule has 0 saturated carbocycles. The second-order valence-electron chi connectivity index (χ2n) is 19.3. The molecule has 4 unspecified atom stereocenters. The number of rotatable bonds is 51. The summed E-state index contributed by atoms with van der Waals surface area (Å²) in [5.74, 6) is -0.588. The maximum absolute atomic E-state index is 12.6. The van der Waals surface area contributed by atoms with Crippen LogP contribution in [0.25, 0.3) is 0 Å². The minimum atomic E-state index is -1.28. The van der Waals surface area contributed by atoms with E-state index in [9.17, 15) is 25.2 Å². The molecule has 61 heavy (non-hydrogen) atoms. The van der Waals surface area contributed by atoms with Crippen molar-refractivity contribution in [3.8, 4) is 0 Å². The van der Waals surface area contributed by atoms with Crippen molar-refractivity contribution in [2.75, 3.05) is 6.61 Å². The highest BCUT2D eigenvalue weighted by Crippen LogP contribution is 2.18. The molecule has 1 amide bonds. The third kappa shape index (κ3) is 44.1. The van der Waals surface area contributed by atoms with E-state index in [-0.39, 0.29) is 0 Å². The minimum absolute atomic E-state index is 0.369. The minimum Gasteiger partial charge on any atom is -0.394 e. The first-order valence-electron chi connectivity index (χ1n) is 27.6. The van der Waals surface area contributed by atoms with Crippen LogP contribution in [0.3, 0.4) is 0 Å². The lowest BCUT2D eigenvalue weighted by Gasteiger charge is -2.27. The van der Waals surface area contributed by atoms with Crippen molar-refractivity contribution in [2.24, 2.45) is 0 Å².